The van der Waals surface area contributed by atoms with Crippen LogP contribution in [-0.2, 0) is 0 Å². The molecule has 2 heterocycles. The van der Waals surface area contributed by atoms with Crippen LogP contribution in [0.15, 0.2) is 24.3 Å². The Morgan fingerprint density at radius 2 is 1.50 bits per heavy atom. The molecular weight excluding hydrogens is 272 g/mol. The van der Waals surface area contributed by atoms with E-state index in [2.05, 4.69) is 48.2 Å². The Hall–Kier alpha value is -0.680. The lowest BCUT2D eigenvalue weighted by Crippen LogP contribution is -2.36. The number of hydrogen-bond acceptors (Lipinski definition) is 4. The van der Waals surface area contributed by atoms with E-state index in [4.69, 9.17) is 11.5 Å². The molecule has 2 fully saturated rings. The largest absolute Gasteiger partial charge is 0.327 e. The summed E-state index contributed by atoms with van der Waals surface area (Å²) in [5, 5.41) is 0. The maximum Gasteiger partial charge on any atom is 0.0268 e. The van der Waals surface area contributed by atoms with Crippen LogP contribution in [-0.4, -0.2) is 62.2 Å². The molecule has 124 valence electrons. The van der Waals surface area contributed by atoms with E-state index in [1.54, 1.807) is 0 Å². The fourth-order valence-corrected chi connectivity index (χ4v) is 4.66. The van der Waals surface area contributed by atoms with Gasteiger partial charge in [0.1, 0.15) is 0 Å². The zero-order valence-corrected chi connectivity index (χ0v) is 14.1. The summed E-state index contributed by atoms with van der Waals surface area (Å²) in [5.74, 6) is 3.03. The first-order chi connectivity index (χ1) is 10.5. The van der Waals surface area contributed by atoms with Crippen molar-refractivity contribution in [2.75, 3.05) is 40.3 Å². The average Bonchev–Trinajstić information content (AvgIpc) is 3.03. The van der Waals surface area contributed by atoms with E-state index in [0.717, 1.165) is 30.1 Å². The number of hydrogen-bond donors (Lipinski definition) is 2. The third kappa shape index (κ3) is 3.46. The Balaban J connectivity index is 0.000000131. The van der Waals surface area contributed by atoms with Crippen LogP contribution in [0.25, 0.3) is 0 Å². The maximum absolute atomic E-state index is 6.00. The van der Waals surface area contributed by atoms with Gasteiger partial charge in [-0.05, 0) is 50.6 Å². The van der Waals surface area contributed by atoms with Gasteiger partial charge in [0.2, 0.25) is 0 Å². The third-order valence-corrected chi connectivity index (χ3v) is 5.90. The van der Waals surface area contributed by atoms with Crippen LogP contribution in [0.5, 0.6) is 0 Å². The first-order valence-electron chi connectivity index (χ1n) is 8.76. The minimum absolute atomic E-state index is 0.318. The van der Waals surface area contributed by atoms with Gasteiger partial charge in [-0.3, -0.25) is 0 Å². The Morgan fingerprint density at radius 3 is 2.23 bits per heavy atom. The third-order valence-electron chi connectivity index (χ3n) is 5.90. The van der Waals surface area contributed by atoms with E-state index in [1.807, 2.05) is 0 Å². The molecule has 2 aliphatic heterocycles. The summed E-state index contributed by atoms with van der Waals surface area (Å²) in [6, 6.07) is 0.730. The molecule has 4 heteroatoms. The van der Waals surface area contributed by atoms with Crippen molar-refractivity contribution in [3.63, 3.8) is 0 Å². The van der Waals surface area contributed by atoms with Crippen molar-refractivity contribution >= 4 is 0 Å². The molecule has 0 aromatic heterocycles. The van der Waals surface area contributed by atoms with Crippen LogP contribution in [0.1, 0.15) is 12.8 Å². The van der Waals surface area contributed by atoms with Crippen LogP contribution in [0.4, 0.5) is 0 Å². The molecule has 0 radical (unpaired) electrons. The molecule has 22 heavy (non-hydrogen) atoms. The van der Waals surface area contributed by atoms with Gasteiger partial charge in [0.15, 0.2) is 0 Å². The molecule has 0 bridgehead atoms. The van der Waals surface area contributed by atoms with Crippen LogP contribution >= 0.6 is 0 Å². The summed E-state index contributed by atoms with van der Waals surface area (Å²) < 4.78 is 0. The number of rotatable bonds is 0. The predicted octanol–water partition coefficient (Wildman–Crippen LogP) is 0.903. The highest BCUT2D eigenvalue weighted by atomic mass is 15.1. The fraction of sp³-hybridized carbons (Fsp3) is 0.778. The second-order valence-corrected chi connectivity index (χ2v) is 7.76. The maximum atomic E-state index is 6.00. The van der Waals surface area contributed by atoms with Crippen molar-refractivity contribution in [3.8, 4) is 0 Å². The molecule has 0 saturated carbocycles. The standard InChI is InChI=1S/2C9H16N2/c2*1-11-5-7-3-2-4-9(10)8(7)6-11/h2,4,7-9H,3,5-6,10H2,1H3;2-3,7-9H,4-6,10H2,1H3. The van der Waals surface area contributed by atoms with Crippen molar-refractivity contribution in [2.24, 2.45) is 35.1 Å². The van der Waals surface area contributed by atoms with Crippen molar-refractivity contribution in [1.29, 1.82) is 0 Å². The summed E-state index contributed by atoms with van der Waals surface area (Å²) >= 11 is 0. The molecule has 0 aromatic rings. The molecule has 4 nitrogen and oxygen atoms in total. The predicted molar refractivity (Wildman–Crippen MR) is 92.4 cm³/mol. The number of fused-ring (bicyclic) bond motifs is 2. The quantitative estimate of drug-likeness (QED) is 0.653. The lowest BCUT2D eigenvalue weighted by atomic mass is 9.83. The Morgan fingerprint density at radius 1 is 0.818 bits per heavy atom. The molecule has 6 atom stereocenters. The van der Waals surface area contributed by atoms with E-state index in [-0.39, 0.29) is 0 Å². The molecule has 0 spiro atoms. The number of nitrogens with two attached hydrogens (primary N) is 2. The van der Waals surface area contributed by atoms with E-state index >= 15 is 0 Å². The highest BCUT2D eigenvalue weighted by Gasteiger charge is 2.35. The SMILES string of the molecule is CN1CC2C=CCC(N)C2C1.CN1CC2CC=CC(N)C2C1. The highest BCUT2D eigenvalue weighted by molar-refractivity contribution is 5.07. The zero-order chi connectivity index (χ0) is 15.7. The molecule has 6 unspecified atom stereocenters. The first-order valence-corrected chi connectivity index (χ1v) is 8.76. The number of allylic oxidation sites excluding steroid dienone is 1. The average molecular weight is 304 g/mol. The van der Waals surface area contributed by atoms with E-state index < -0.39 is 0 Å². The Bertz CT molecular complexity index is 433. The molecule has 2 saturated heterocycles. The van der Waals surface area contributed by atoms with Gasteiger partial charge >= 0.3 is 0 Å². The van der Waals surface area contributed by atoms with Gasteiger partial charge in [-0.1, -0.05) is 24.3 Å². The first kappa shape index (κ1) is 16.2. The van der Waals surface area contributed by atoms with Gasteiger partial charge in [-0.25, -0.2) is 0 Å². The molecule has 2 aliphatic carbocycles. The summed E-state index contributed by atoms with van der Waals surface area (Å²) in [6.45, 7) is 4.82. The van der Waals surface area contributed by atoms with Gasteiger partial charge in [0, 0.05) is 38.3 Å². The lowest BCUT2D eigenvalue weighted by molar-refractivity contribution is 0.357. The van der Waals surface area contributed by atoms with Crippen LogP contribution in [0.3, 0.4) is 0 Å². The van der Waals surface area contributed by atoms with Crippen molar-refractivity contribution in [1.82, 2.24) is 9.80 Å². The molecule has 0 amide bonds. The van der Waals surface area contributed by atoms with Gasteiger partial charge in [0.25, 0.3) is 0 Å². The minimum Gasteiger partial charge on any atom is -0.327 e. The van der Waals surface area contributed by atoms with Crippen LogP contribution in [0.2, 0.25) is 0 Å². The van der Waals surface area contributed by atoms with Gasteiger partial charge < -0.3 is 21.3 Å². The summed E-state index contributed by atoms with van der Waals surface area (Å²) in [6.07, 6.45) is 11.3. The molecule has 4 N–H and O–H groups in total. The fourth-order valence-electron chi connectivity index (χ4n) is 4.66. The van der Waals surface area contributed by atoms with E-state index in [0.29, 0.717) is 12.1 Å². The van der Waals surface area contributed by atoms with Crippen molar-refractivity contribution < 1.29 is 0 Å². The van der Waals surface area contributed by atoms with Crippen molar-refractivity contribution in [2.45, 2.75) is 24.9 Å². The summed E-state index contributed by atoms with van der Waals surface area (Å²) in [4.78, 5) is 4.77. The number of likely N-dealkylation sites (tertiary alicyclic amines) is 2. The molecule has 4 rings (SSSR count). The van der Waals surface area contributed by atoms with E-state index in [1.165, 1.54) is 32.6 Å². The van der Waals surface area contributed by atoms with Gasteiger partial charge in [-0.2, -0.15) is 0 Å². The topological polar surface area (TPSA) is 58.5 Å². The molecule has 4 aliphatic rings. The van der Waals surface area contributed by atoms with Crippen LogP contribution < -0.4 is 11.5 Å². The van der Waals surface area contributed by atoms with Gasteiger partial charge in [-0.15, -0.1) is 0 Å². The minimum atomic E-state index is 0.318. The Labute approximate surface area is 135 Å². The molecule has 0 aromatic carbocycles. The zero-order valence-electron chi connectivity index (χ0n) is 14.1. The lowest BCUT2D eigenvalue weighted by Gasteiger charge is -2.25. The normalized spacial score (nSPS) is 44.4. The summed E-state index contributed by atoms with van der Waals surface area (Å²) in [5.41, 5.74) is 12.0. The smallest absolute Gasteiger partial charge is 0.0268 e. The summed E-state index contributed by atoms with van der Waals surface area (Å²) in [7, 11) is 4.36. The van der Waals surface area contributed by atoms with E-state index in [9.17, 15) is 0 Å². The second-order valence-electron chi connectivity index (χ2n) is 7.76. The molecular formula is C18H32N4. The van der Waals surface area contributed by atoms with Crippen molar-refractivity contribution in [3.05, 3.63) is 24.3 Å². The highest BCUT2D eigenvalue weighted by Crippen LogP contribution is 2.31. The number of nitrogens with zero attached hydrogens (tertiary/aromatic N) is 2. The van der Waals surface area contributed by atoms with Crippen LogP contribution in [0, 0.1) is 23.7 Å². The van der Waals surface area contributed by atoms with Gasteiger partial charge in [0.05, 0.1) is 0 Å². The Kier molecular flexibility index (Phi) is 5.03. The second kappa shape index (κ2) is 6.83. The monoisotopic (exact) mass is 304 g/mol.